The van der Waals surface area contributed by atoms with Crippen molar-refractivity contribution in [1.82, 2.24) is 0 Å². The molecule has 0 spiro atoms. The average Bonchev–Trinajstić information content (AvgIpc) is 2.30. The molecule has 0 unspecified atom stereocenters. The number of aldehydes is 1. The Bertz CT molecular complexity index is 309. The van der Waals surface area contributed by atoms with Gasteiger partial charge in [-0.15, -0.1) is 0 Å². The summed E-state index contributed by atoms with van der Waals surface area (Å²) in [6, 6.07) is 6.84. The van der Waals surface area contributed by atoms with Gasteiger partial charge in [-0.05, 0) is 32.9 Å². The van der Waals surface area contributed by atoms with Gasteiger partial charge in [0.15, 0.2) is 6.29 Å². The summed E-state index contributed by atoms with van der Waals surface area (Å²) < 4.78 is 10.1. The molecule has 4 nitrogen and oxygen atoms in total. The predicted molar refractivity (Wildman–Crippen MR) is 69.0 cm³/mol. The molecule has 2 N–H and O–H groups in total. The van der Waals surface area contributed by atoms with Crippen LogP contribution in [0.2, 0.25) is 0 Å². The minimum Gasteiger partial charge on any atom is -0.399 e. The molecule has 0 aromatic heterocycles. The molecule has 0 saturated carbocycles. The highest BCUT2D eigenvalue weighted by Gasteiger charge is 1.94. The zero-order chi connectivity index (χ0) is 13.1. The number of anilines is 1. The lowest BCUT2D eigenvalue weighted by Crippen LogP contribution is -2.11. The first-order chi connectivity index (χ1) is 8.13. The molecular formula is C13H21NO3. The first kappa shape index (κ1) is 15.6. The molecule has 0 aliphatic carbocycles. The van der Waals surface area contributed by atoms with Crippen LogP contribution in [-0.4, -0.2) is 25.8 Å². The largest absolute Gasteiger partial charge is 0.399 e. The zero-order valence-corrected chi connectivity index (χ0v) is 10.7. The van der Waals surface area contributed by atoms with Crippen LogP contribution in [0, 0.1) is 0 Å². The van der Waals surface area contributed by atoms with Crippen molar-refractivity contribution in [2.45, 2.75) is 27.1 Å². The molecule has 1 rings (SSSR count). The summed E-state index contributed by atoms with van der Waals surface area (Å²) in [5.41, 5.74) is 6.62. The lowest BCUT2D eigenvalue weighted by Gasteiger charge is -2.09. The van der Waals surface area contributed by atoms with Gasteiger partial charge in [-0.25, -0.2) is 0 Å². The van der Waals surface area contributed by atoms with Gasteiger partial charge < -0.3 is 15.2 Å². The lowest BCUT2D eigenvalue weighted by atomic mass is 10.2. The number of nitrogens with two attached hydrogens (primary N) is 1. The van der Waals surface area contributed by atoms with E-state index in [1.54, 1.807) is 24.3 Å². The van der Waals surface area contributed by atoms with Crippen LogP contribution in [0.1, 0.15) is 31.1 Å². The second-order valence-electron chi connectivity index (χ2n) is 3.27. The minimum atomic E-state index is -0.0370. The van der Waals surface area contributed by atoms with Gasteiger partial charge in [0, 0.05) is 24.5 Å². The van der Waals surface area contributed by atoms with Gasteiger partial charge in [0.25, 0.3) is 0 Å². The van der Waals surface area contributed by atoms with Gasteiger partial charge in [-0.2, -0.15) is 0 Å². The van der Waals surface area contributed by atoms with Crippen molar-refractivity contribution in [3.05, 3.63) is 29.8 Å². The van der Waals surface area contributed by atoms with Crippen LogP contribution in [0.5, 0.6) is 0 Å². The molecular weight excluding hydrogens is 218 g/mol. The first-order valence-corrected chi connectivity index (χ1v) is 5.67. The molecule has 0 atom stereocenters. The summed E-state index contributed by atoms with van der Waals surface area (Å²) in [6.45, 7) is 7.25. The van der Waals surface area contributed by atoms with E-state index in [1.807, 2.05) is 20.8 Å². The van der Waals surface area contributed by atoms with E-state index in [4.69, 9.17) is 15.2 Å². The summed E-state index contributed by atoms with van der Waals surface area (Å²) in [7, 11) is 0. The summed E-state index contributed by atoms with van der Waals surface area (Å²) >= 11 is 0. The Balaban J connectivity index is 0.000000304. The van der Waals surface area contributed by atoms with Gasteiger partial charge in [0.2, 0.25) is 0 Å². The third-order valence-corrected chi connectivity index (χ3v) is 1.85. The zero-order valence-electron chi connectivity index (χ0n) is 10.7. The van der Waals surface area contributed by atoms with E-state index in [1.165, 1.54) is 0 Å². The molecule has 0 fully saturated rings. The third kappa shape index (κ3) is 8.42. The van der Waals surface area contributed by atoms with E-state index in [0.717, 1.165) is 19.5 Å². The topological polar surface area (TPSA) is 61.6 Å². The predicted octanol–water partition coefficient (Wildman–Crippen LogP) is 2.49. The fourth-order valence-electron chi connectivity index (χ4n) is 1.15. The Morgan fingerprint density at radius 1 is 1.29 bits per heavy atom. The van der Waals surface area contributed by atoms with Gasteiger partial charge in [0.1, 0.15) is 6.29 Å². The van der Waals surface area contributed by atoms with Crippen molar-refractivity contribution in [3.8, 4) is 0 Å². The molecule has 0 heterocycles. The highest BCUT2D eigenvalue weighted by atomic mass is 16.7. The molecule has 0 aliphatic rings. The Morgan fingerprint density at radius 3 is 2.24 bits per heavy atom. The van der Waals surface area contributed by atoms with E-state index < -0.39 is 0 Å². The molecule has 1 aromatic rings. The fourth-order valence-corrected chi connectivity index (χ4v) is 1.15. The van der Waals surface area contributed by atoms with E-state index in [0.29, 0.717) is 11.3 Å². The number of carbonyl (C=O) groups excluding carboxylic acids is 1. The number of hydrogen-bond acceptors (Lipinski definition) is 4. The van der Waals surface area contributed by atoms with Crippen molar-refractivity contribution in [2.24, 2.45) is 0 Å². The molecule has 4 heteroatoms. The van der Waals surface area contributed by atoms with Crippen LogP contribution in [0.15, 0.2) is 24.3 Å². The van der Waals surface area contributed by atoms with E-state index in [2.05, 4.69) is 0 Å². The van der Waals surface area contributed by atoms with Crippen LogP contribution in [-0.2, 0) is 9.47 Å². The van der Waals surface area contributed by atoms with Crippen molar-refractivity contribution in [1.29, 1.82) is 0 Å². The maximum atomic E-state index is 10.1. The molecule has 17 heavy (non-hydrogen) atoms. The highest BCUT2D eigenvalue weighted by Crippen LogP contribution is 2.02. The number of nitrogen functional groups attached to an aromatic ring is 1. The SMILES string of the molecule is CCOC(C)OCC.Nc1cccc(C=O)c1. The van der Waals surface area contributed by atoms with Crippen LogP contribution in [0.3, 0.4) is 0 Å². The van der Waals surface area contributed by atoms with Gasteiger partial charge >= 0.3 is 0 Å². The Hall–Kier alpha value is -1.39. The van der Waals surface area contributed by atoms with Crippen molar-refractivity contribution < 1.29 is 14.3 Å². The number of ether oxygens (including phenoxy) is 2. The molecule has 0 bridgehead atoms. The number of benzene rings is 1. The second kappa shape index (κ2) is 9.81. The number of hydrogen-bond donors (Lipinski definition) is 1. The fraction of sp³-hybridized carbons (Fsp3) is 0.462. The van der Waals surface area contributed by atoms with Gasteiger partial charge in [-0.1, -0.05) is 12.1 Å². The summed E-state index contributed by atoms with van der Waals surface area (Å²) in [5.74, 6) is 0. The van der Waals surface area contributed by atoms with Crippen LogP contribution in [0.4, 0.5) is 5.69 Å². The van der Waals surface area contributed by atoms with Crippen molar-refractivity contribution in [2.75, 3.05) is 18.9 Å². The van der Waals surface area contributed by atoms with Crippen LogP contribution in [0.25, 0.3) is 0 Å². The maximum absolute atomic E-state index is 10.1. The standard InChI is InChI=1S/C7H7NO.C6H14O2/c8-7-3-1-2-6(4-7)5-9;1-4-7-6(3)8-5-2/h1-5H,8H2;6H,4-5H2,1-3H3. The third-order valence-electron chi connectivity index (χ3n) is 1.85. The van der Waals surface area contributed by atoms with Gasteiger partial charge in [-0.3, -0.25) is 4.79 Å². The monoisotopic (exact) mass is 239 g/mol. The normalized spacial score (nSPS) is 9.65. The van der Waals surface area contributed by atoms with E-state index in [9.17, 15) is 4.79 Å². The first-order valence-electron chi connectivity index (χ1n) is 5.67. The van der Waals surface area contributed by atoms with E-state index in [-0.39, 0.29) is 6.29 Å². The molecule has 1 aromatic carbocycles. The smallest absolute Gasteiger partial charge is 0.154 e. The second-order valence-corrected chi connectivity index (χ2v) is 3.27. The van der Waals surface area contributed by atoms with Crippen molar-refractivity contribution >= 4 is 12.0 Å². The highest BCUT2D eigenvalue weighted by molar-refractivity contribution is 5.76. The number of carbonyl (C=O) groups is 1. The van der Waals surface area contributed by atoms with Crippen LogP contribution < -0.4 is 5.73 Å². The minimum absolute atomic E-state index is 0.0370. The summed E-state index contributed by atoms with van der Waals surface area (Å²) in [4.78, 5) is 10.1. The Morgan fingerprint density at radius 2 is 1.88 bits per heavy atom. The Labute approximate surface area is 103 Å². The molecule has 0 amide bonds. The lowest BCUT2D eigenvalue weighted by molar-refractivity contribution is -0.123. The summed E-state index contributed by atoms with van der Waals surface area (Å²) in [6.07, 6.45) is 0.737. The van der Waals surface area contributed by atoms with Crippen LogP contribution >= 0.6 is 0 Å². The number of rotatable bonds is 5. The molecule has 96 valence electrons. The molecule has 0 radical (unpaired) electrons. The van der Waals surface area contributed by atoms with E-state index >= 15 is 0 Å². The average molecular weight is 239 g/mol. The van der Waals surface area contributed by atoms with Gasteiger partial charge in [0.05, 0.1) is 0 Å². The summed E-state index contributed by atoms with van der Waals surface area (Å²) in [5, 5.41) is 0. The van der Waals surface area contributed by atoms with Crippen molar-refractivity contribution in [3.63, 3.8) is 0 Å². The molecule has 0 aliphatic heterocycles. The molecule has 0 saturated heterocycles. The quantitative estimate of drug-likeness (QED) is 0.487. The maximum Gasteiger partial charge on any atom is 0.154 e. The Kier molecular flexibility index (Phi) is 9.01.